The molecule has 0 aliphatic carbocycles. The van der Waals surface area contributed by atoms with Crippen molar-refractivity contribution in [2.24, 2.45) is 0 Å². The first kappa shape index (κ1) is 19.8. The molecule has 0 aliphatic heterocycles. The standard InChI is InChI=1S/C22H29NO3/c1-15(2)19-11-10-16(3)14-21(19)26-18(5)22(24)23-12-13-25-20-9-7-6-8-17(20)4/h6-11,14-15,18H,12-13H2,1-5H3,(H,23,24)/t18-/m1/s1. The van der Waals surface area contributed by atoms with Crippen molar-refractivity contribution in [3.8, 4) is 11.5 Å². The Morgan fingerprint density at radius 1 is 1.04 bits per heavy atom. The molecule has 0 heterocycles. The molecule has 0 fully saturated rings. The monoisotopic (exact) mass is 355 g/mol. The summed E-state index contributed by atoms with van der Waals surface area (Å²) in [6.07, 6.45) is -0.562. The van der Waals surface area contributed by atoms with Gasteiger partial charge in [-0.1, -0.05) is 44.2 Å². The van der Waals surface area contributed by atoms with Crippen LogP contribution in [0.3, 0.4) is 0 Å². The van der Waals surface area contributed by atoms with Crippen LogP contribution in [-0.4, -0.2) is 25.2 Å². The number of hydrogen-bond acceptors (Lipinski definition) is 3. The SMILES string of the molecule is Cc1ccc(C(C)C)c(O[C@H](C)C(=O)NCCOc2ccccc2C)c1. The van der Waals surface area contributed by atoms with Gasteiger partial charge in [-0.2, -0.15) is 0 Å². The lowest BCUT2D eigenvalue weighted by atomic mass is 10.0. The topological polar surface area (TPSA) is 47.6 Å². The molecule has 4 heteroatoms. The summed E-state index contributed by atoms with van der Waals surface area (Å²) in [4.78, 5) is 12.3. The average Bonchev–Trinajstić information content (AvgIpc) is 2.59. The Morgan fingerprint density at radius 3 is 2.46 bits per heavy atom. The van der Waals surface area contributed by atoms with E-state index in [1.54, 1.807) is 6.92 Å². The minimum Gasteiger partial charge on any atom is -0.491 e. The zero-order chi connectivity index (χ0) is 19.1. The third kappa shape index (κ3) is 5.51. The zero-order valence-corrected chi connectivity index (χ0v) is 16.3. The smallest absolute Gasteiger partial charge is 0.260 e. The van der Waals surface area contributed by atoms with E-state index in [9.17, 15) is 4.79 Å². The minimum atomic E-state index is -0.562. The number of ether oxygens (including phenoxy) is 2. The van der Waals surface area contributed by atoms with Crippen LogP contribution in [0.15, 0.2) is 42.5 Å². The van der Waals surface area contributed by atoms with E-state index < -0.39 is 6.10 Å². The predicted molar refractivity (Wildman–Crippen MR) is 105 cm³/mol. The van der Waals surface area contributed by atoms with Gasteiger partial charge in [-0.25, -0.2) is 0 Å². The van der Waals surface area contributed by atoms with Crippen molar-refractivity contribution >= 4 is 5.91 Å². The maximum atomic E-state index is 12.3. The van der Waals surface area contributed by atoms with Crippen molar-refractivity contribution in [1.82, 2.24) is 5.32 Å². The van der Waals surface area contributed by atoms with E-state index >= 15 is 0 Å². The van der Waals surface area contributed by atoms with Gasteiger partial charge in [0.15, 0.2) is 6.10 Å². The highest BCUT2D eigenvalue weighted by Crippen LogP contribution is 2.28. The average molecular weight is 355 g/mol. The van der Waals surface area contributed by atoms with Crippen molar-refractivity contribution in [2.75, 3.05) is 13.2 Å². The summed E-state index contributed by atoms with van der Waals surface area (Å²) in [5.41, 5.74) is 3.30. The van der Waals surface area contributed by atoms with Crippen LogP contribution in [0.25, 0.3) is 0 Å². The summed E-state index contributed by atoms with van der Waals surface area (Å²) in [6.45, 7) is 10.9. The van der Waals surface area contributed by atoms with Gasteiger partial charge < -0.3 is 14.8 Å². The Morgan fingerprint density at radius 2 is 1.77 bits per heavy atom. The number of amides is 1. The fourth-order valence-corrected chi connectivity index (χ4v) is 2.66. The van der Waals surface area contributed by atoms with Crippen molar-refractivity contribution in [3.63, 3.8) is 0 Å². The number of carbonyl (C=O) groups is 1. The quantitative estimate of drug-likeness (QED) is 0.715. The molecule has 2 aromatic rings. The highest BCUT2D eigenvalue weighted by molar-refractivity contribution is 5.80. The summed E-state index contributed by atoms with van der Waals surface area (Å²) in [5.74, 6) is 1.81. The van der Waals surface area contributed by atoms with Gasteiger partial charge in [0.05, 0.1) is 6.54 Å². The number of nitrogens with one attached hydrogen (secondary N) is 1. The second-order valence-corrected chi connectivity index (χ2v) is 6.86. The molecule has 0 aromatic heterocycles. The summed E-state index contributed by atoms with van der Waals surface area (Å²) >= 11 is 0. The molecule has 1 amide bonds. The van der Waals surface area contributed by atoms with Gasteiger partial charge >= 0.3 is 0 Å². The highest BCUT2D eigenvalue weighted by Gasteiger charge is 2.17. The van der Waals surface area contributed by atoms with Crippen molar-refractivity contribution in [1.29, 1.82) is 0 Å². The maximum absolute atomic E-state index is 12.3. The molecule has 4 nitrogen and oxygen atoms in total. The lowest BCUT2D eigenvalue weighted by Gasteiger charge is -2.19. The molecule has 0 radical (unpaired) electrons. The Labute approximate surface area is 156 Å². The second-order valence-electron chi connectivity index (χ2n) is 6.86. The number of hydrogen-bond donors (Lipinski definition) is 1. The van der Waals surface area contributed by atoms with Gasteiger partial charge in [-0.15, -0.1) is 0 Å². The lowest BCUT2D eigenvalue weighted by molar-refractivity contribution is -0.127. The molecule has 0 bridgehead atoms. The Bertz CT molecular complexity index is 740. The molecule has 1 atom stereocenters. The van der Waals surface area contributed by atoms with Crippen LogP contribution in [0.1, 0.15) is 43.4 Å². The molecule has 2 aromatic carbocycles. The van der Waals surface area contributed by atoms with Crippen molar-refractivity contribution < 1.29 is 14.3 Å². The Kier molecular flexibility index (Phi) is 7.07. The molecular weight excluding hydrogens is 326 g/mol. The zero-order valence-electron chi connectivity index (χ0n) is 16.3. The van der Waals surface area contributed by atoms with Gasteiger partial charge in [-0.3, -0.25) is 4.79 Å². The third-order valence-electron chi connectivity index (χ3n) is 4.22. The first-order valence-corrected chi connectivity index (χ1v) is 9.12. The van der Waals surface area contributed by atoms with Crippen LogP contribution >= 0.6 is 0 Å². The molecule has 26 heavy (non-hydrogen) atoms. The van der Waals surface area contributed by atoms with E-state index in [2.05, 4.69) is 31.3 Å². The van der Waals surface area contributed by atoms with Crippen molar-refractivity contribution in [3.05, 3.63) is 59.2 Å². The fourth-order valence-electron chi connectivity index (χ4n) is 2.66. The van der Waals surface area contributed by atoms with E-state index in [4.69, 9.17) is 9.47 Å². The fraction of sp³-hybridized carbons (Fsp3) is 0.409. The Hall–Kier alpha value is -2.49. The summed E-state index contributed by atoms with van der Waals surface area (Å²) in [7, 11) is 0. The molecule has 0 aliphatic rings. The first-order chi connectivity index (χ1) is 12.4. The van der Waals surface area contributed by atoms with Gasteiger partial charge in [-0.05, 0) is 55.5 Å². The molecule has 1 N–H and O–H groups in total. The number of para-hydroxylation sites is 1. The molecular formula is C22H29NO3. The lowest BCUT2D eigenvalue weighted by Crippen LogP contribution is -2.38. The number of aryl methyl sites for hydroxylation is 2. The molecule has 2 rings (SSSR count). The Balaban J connectivity index is 1.84. The number of benzene rings is 2. The van der Waals surface area contributed by atoms with Gasteiger partial charge in [0.2, 0.25) is 0 Å². The van der Waals surface area contributed by atoms with Crippen LogP contribution in [0, 0.1) is 13.8 Å². The maximum Gasteiger partial charge on any atom is 0.260 e. The molecule has 140 valence electrons. The van der Waals surface area contributed by atoms with Crippen LogP contribution in [0.2, 0.25) is 0 Å². The number of carbonyl (C=O) groups excluding carboxylic acids is 1. The van der Waals surface area contributed by atoms with E-state index in [1.165, 1.54) is 0 Å². The first-order valence-electron chi connectivity index (χ1n) is 9.12. The van der Waals surface area contributed by atoms with E-state index in [0.29, 0.717) is 19.1 Å². The van der Waals surface area contributed by atoms with Crippen LogP contribution in [0.5, 0.6) is 11.5 Å². The van der Waals surface area contributed by atoms with E-state index in [-0.39, 0.29) is 5.91 Å². The molecule has 0 unspecified atom stereocenters. The molecule has 0 saturated carbocycles. The highest BCUT2D eigenvalue weighted by atomic mass is 16.5. The van der Waals surface area contributed by atoms with E-state index in [0.717, 1.165) is 28.2 Å². The number of rotatable bonds is 8. The summed E-state index contributed by atoms with van der Waals surface area (Å²) < 4.78 is 11.6. The normalized spacial score (nSPS) is 11.9. The molecule has 0 saturated heterocycles. The molecule has 0 spiro atoms. The van der Waals surface area contributed by atoms with Gasteiger partial charge in [0.25, 0.3) is 5.91 Å². The predicted octanol–water partition coefficient (Wildman–Crippen LogP) is 4.39. The van der Waals surface area contributed by atoms with Gasteiger partial charge in [0, 0.05) is 0 Å². The van der Waals surface area contributed by atoms with Gasteiger partial charge in [0.1, 0.15) is 18.1 Å². The van der Waals surface area contributed by atoms with Crippen LogP contribution in [0.4, 0.5) is 0 Å². The van der Waals surface area contributed by atoms with Crippen LogP contribution < -0.4 is 14.8 Å². The van der Waals surface area contributed by atoms with Crippen LogP contribution in [-0.2, 0) is 4.79 Å². The van der Waals surface area contributed by atoms with E-state index in [1.807, 2.05) is 44.2 Å². The third-order valence-corrected chi connectivity index (χ3v) is 4.22. The minimum absolute atomic E-state index is 0.144. The van der Waals surface area contributed by atoms with Crippen molar-refractivity contribution in [2.45, 2.75) is 46.6 Å². The summed E-state index contributed by atoms with van der Waals surface area (Å²) in [5, 5.41) is 2.87. The summed E-state index contributed by atoms with van der Waals surface area (Å²) in [6, 6.07) is 13.9. The largest absolute Gasteiger partial charge is 0.491 e. The second kappa shape index (κ2) is 9.27.